The van der Waals surface area contributed by atoms with Crippen LogP contribution in [0.2, 0.25) is 5.02 Å². The summed E-state index contributed by atoms with van der Waals surface area (Å²) in [6.07, 6.45) is 2.15. The fourth-order valence-electron chi connectivity index (χ4n) is 2.53. The van der Waals surface area contributed by atoms with Gasteiger partial charge in [0.15, 0.2) is 0 Å². The lowest BCUT2D eigenvalue weighted by Crippen LogP contribution is -2.54. The summed E-state index contributed by atoms with van der Waals surface area (Å²) in [5, 5.41) is 6.95. The van der Waals surface area contributed by atoms with E-state index in [2.05, 4.69) is 10.6 Å². The van der Waals surface area contributed by atoms with Gasteiger partial charge >= 0.3 is 0 Å². The molecule has 0 spiro atoms. The smallest absolute Gasteiger partial charge is 0.252 e. The number of nitrogens with one attached hydrogen (secondary N) is 2. The van der Waals surface area contributed by atoms with Crippen LogP contribution in [0.4, 0.5) is 0 Å². The number of benzene rings is 1. The number of hydrogen-bond acceptors (Lipinski definition) is 3. The summed E-state index contributed by atoms with van der Waals surface area (Å²) in [5.74, 6) is -0.0199. The van der Waals surface area contributed by atoms with Crippen LogP contribution >= 0.6 is 24.0 Å². The van der Waals surface area contributed by atoms with Gasteiger partial charge in [0.2, 0.25) is 0 Å². The van der Waals surface area contributed by atoms with Crippen molar-refractivity contribution in [2.24, 2.45) is 0 Å². The number of methoxy groups -OCH3 is 1. The number of halogens is 2. The van der Waals surface area contributed by atoms with E-state index in [1.54, 1.807) is 7.11 Å². The highest BCUT2D eigenvalue weighted by Crippen LogP contribution is 2.22. The molecule has 1 aromatic rings. The van der Waals surface area contributed by atoms with Gasteiger partial charge in [-0.25, -0.2) is 0 Å². The minimum Gasteiger partial charge on any atom is -0.368 e. The number of rotatable bonds is 5. The molecule has 2 rings (SSSR count). The van der Waals surface area contributed by atoms with E-state index in [0.29, 0.717) is 19.4 Å². The Hall–Kier alpha value is -0.810. The highest BCUT2D eigenvalue weighted by atomic mass is 35.5. The Morgan fingerprint density at radius 3 is 2.67 bits per heavy atom. The third-order valence-electron chi connectivity index (χ3n) is 3.85. The van der Waals surface area contributed by atoms with Crippen molar-refractivity contribution in [2.75, 3.05) is 26.7 Å². The molecule has 21 heavy (non-hydrogen) atoms. The van der Waals surface area contributed by atoms with Gasteiger partial charge in [-0.1, -0.05) is 29.8 Å². The Morgan fingerprint density at radius 2 is 2.05 bits per heavy atom. The topological polar surface area (TPSA) is 50.4 Å². The Balaban J connectivity index is 0.00000220. The van der Waals surface area contributed by atoms with E-state index in [1.807, 2.05) is 24.3 Å². The molecule has 0 aliphatic carbocycles. The van der Waals surface area contributed by atoms with Gasteiger partial charge in [-0.15, -0.1) is 12.4 Å². The van der Waals surface area contributed by atoms with Crippen LogP contribution < -0.4 is 10.6 Å². The molecule has 0 atom stereocenters. The van der Waals surface area contributed by atoms with E-state index in [4.69, 9.17) is 16.3 Å². The van der Waals surface area contributed by atoms with E-state index >= 15 is 0 Å². The van der Waals surface area contributed by atoms with Crippen molar-refractivity contribution >= 4 is 29.9 Å². The monoisotopic (exact) mass is 332 g/mol. The SMILES string of the molecule is COC1(C(=O)NCCc2ccccc2Cl)CCNCC1.Cl. The summed E-state index contributed by atoms with van der Waals surface area (Å²) in [6, 6.07) is 7.69. The molecule has 0 bridgehead atoms. The first-order valence-corrected chi connectivity index (χ1v) is 7.33. The van der Waals surface area contributed by atoms with E-state index in [0.717, 1.165) is 30.1 Å². The quantitative estimate of drug-likeness (QED) is 0.868. The molecule has 0 unspecified atom stereocenters. The van der Waals surface area contributed by atoms with Crippen LogP contribution in [-0.2, 0) is 16.0 Å². The van der Waals surface area contributed by atoms with Crippen molar-refractivity contribution in [1.29, 1.82) is 0 Å². The van der Waals surface area contributed by atoms with Gasteiger partial charge in [-0.2, -0.15) is 0 Å². The average molecular weight is 333 g/mol. The minimum absolute atomic E-state index is 0. The Morgan fingerprint density at radius 1 is 1.38 bits per heavy atom. The van der Waals surface area contributed by atoms with Crippen LogP contribution in [0.1, 0.15) is 18.4 Å². The van der Waals surface area contributed by atoms with Gasteiger partial charge in [-0.3, -0.25) is 4.79 Å². The van der Waals surface area contributed by atoms with Crippen molar-refractivity contribution in [2.45, 2.75) is 24.9 Å². The first-order valence-electron chi connectivity index (χ1n) is 6.95. The van der Waals surface area contributed by atoms with Crippen LogP contribution in [0.25, 0.3) is 0 Å². The van der Waals surface area contributed by atoms with Crippen molar-refractivity contribution in [3.63, 3.8) is 0 Å². The highest BCUT2D eigenvalue weighted by Gasteiger charge is 2.39. The van der Waals surface area contributed by atoms with Gasteiger partial charge in [0.05, 0.1) is 0 Å². The van der Waals surface area contributed by atoms with E-state index in [-0.39, 0.29) is 18.3 Å². The van der Waals surface area contributed by atoms with Gasteiger partial charge in [0.25, 0.3) is 5.91 Å². The van der Waals surface area contributed by atoms with Crippen LogP contribution in [0.15, 0.2) is 24.3 Å². The standard InChI is InChI=1S/C15H21ClN2O2.ClH/c1-20-15(7-10-17-11-8-15)14(19)18-9-6-12-4-2-3-5-13(12)16;/h2-5,17H,6-11H2,1H3,(H,18,19);1H. The predicted octanol–water partition coefficient (Wildman–Crippen LogP) is 2.19. The van der Waals surface area contributed by atoms with Gasteiger partial charge in [0, 0.05) is 18.7 Å². The lowest BCUT2D eigenvalue weighted by Gasteiger charge is -2.34. The van der Waals surface area contributed by atoms with Crippen molar-refractivity contribution in [3.05, 3.63) is 34.9 Å². The zero-order valence-electron chi connectivity index (χ0n) is 12.2. The number of carbonyl (C=O) groups is 1. The van der Waals surface area contributed by atoms with Crippen LogP contribution in [0.5, 0.6) is 0 Å². The first-order chi connectivity index (χ1) is 9.68. The second-order valence-electron chi connectivity index (χ2n) is 5.05. The van der Waals surface area contributed by atoms with Gasteiger partial charge < -0.3 is 15.4 Å². The molecule has 118 valence electrons. The number of hydrogen-bond donors (Lipinski definition) is 2. The van der Waals surface area contributed by atoms with Crippen LogP contribution in [-0.4, -0.2) is 38.3 Å². The number of carbonyl (C=O) groups excluding carboxylic acids is 1. The maximum absolute atomic E-state index is 12.3. The highest BCUT2D eigenvalue weighted by molar-refractivity contribution is 6.31. The molecule has 1 fully saturated rings. The molecule has 1 saturated heterocycles. The first kappa shape index (κ1) is 18.2. The Kier molecular flexibility index (Phi) is 7.46. The normalized spacial score (nSPS) is 16.9. The summed E-state index contributed by atoms with van der Waals surface area (Å²) in [6.45, 7) is 2.19. The third kappa shape index (κ3) is 4.58. The fourth-order valence-corrected chi connectivity index (χ4v) is 2.76. The molecule has 6 heteroatoms. The summed E-state index contributed by atoms with van der Waals surface area (Å²) in [4.78, 5) is 12.3. The summed E-state index contributed by atoms with van der Waals surface area (Å²) in [5.41, 5.74) is 0.373. The summed E-state index contributed by atoms with van der Waals surface area (Å²) in [7, 11) is 1.61. The molecule has 1 amide bonds. The molecule has 1 heterocycles. The predicted molar refractivity (Wildman–Crippen MR) is 87.3 cm³/mol. The Bertz CT molecular complexity index is 463. The van der Waals surface area contributed by atoms with Gasteiger partial charge in [0.1, 0.15) is 5.60 Å². The van der Waals surface area contributed by atoms with Crippen LogP contribution in [0, 0.1) is 0 Å². The molecule has 1 aliphatic rings. The molecule has 2 N–H and O–H groups in total. The number of amides is 1. The lowest BCUT2D eigenvalue weighted by molar-refractivity contribution is -0.146. The van der Waals surface area contributed by atoms with Crippen molar-refractivity contribution in [3.8, 4) is 0 Å². The maximum Gasteiger partial charge on any atom is 0.252 e. The van der Waals surface area contributed by atoms with Crippen molar-refractivity contribution in [1.82, 2.24) is 10.6 Å². The zero-order chi connectivity index (χ0) is 14.4. The molecule has 0 radical (unpaired) electrons. The van der Waals surface area contributed by atoms with Gasteiger partial charge in [-0.05, 0) is 44.0 Å². The second-order valence-corrected chi connectivity index (χ2v) is 5.45. The summed E-state index contributed by atoms with van der Waals surface area (Å²) >= 11 is 6.10. The van der Waals surface area contributed by atoms with E-state index < -0.39 is 5.60 Å². The average Bonchev–Trinajstić information content (AvgIpc) is 2.49. The number of piperidine rings is 1. The Labute approximate surface area is 137 Å². The number of ether oxygens (including phenoxy) is 1. The molecular weight excluding hydrogens is 311 g/mol. The van der Waals surface area contributed by atoms with E-state index in [9.17, 15) is 4.79 Å². The summed E-state index contributed by atoms with van der Waals surface area (Å²) < 4.78 is 5.49. The fraction of sp³-hybridized carbons (Fsp3) is 0.533. The van der Waals surface area contributed by atoms with Crippen LogP contribution in [0.3, 0.4) is 0 Å². The molecule has 0 saturated carbocycles. The lowest BCUT2D eigenvalue weighted by atomic mass is 9.91. The maximum atomic E-state index is 12.3. The largest absolute Gasteiger partial charge is 0.368 e. The minimum atomic E-state index is -0.675. The molecule has 1 aromatic carbocycles. The zero-order valence-corrected chi connectivity index (χ0v) is 13.7. The molecule has 1 aliphatic heterocycles. The molecular formula is C15H22Cl2N2O2. The van der Waals surface area contributed by atoms with E-state index in [1.165, 1.54) is 0 Å². The molecule has 0 aromatic heterocycles. The van der Waals surface area contributed by atoms with Crippen molar-refractivity contribution < 1.29 is 9.53 Å². The second kappa shape index (κ2) is 8.59. The molecule has 4 nitrogen and oxygen atoms in total. The third-order valence-corrected chi connectivity index (χ3v) is 4.22.